The predicted octanol–water partition coefficient (Wildman–Crippen LogP) is 1.95. The van der Waals surface area contributed by atoms with Gasteiger partial charge < -0.3 is 4.57 Å². The number of aromatic nitrogens is 1. The second kappa shape index (κ2) is 6.25. The van der Waals surface area contributed by atoms with Crippen molar-refractivity contribution < 1.29 is 14.4 Å². The highest BCUT2D eigenvalue weighted by atomic mass is 35.5. The number of carbonyl (C=O) groups is 3. The molecule has 1 aromatic carbocycles. The zero-order valence-corrected chi connectivity index (χ0v) is 14.0. The topological polar surface area (TPSA) is 71.7 Å². The van der Waals surface area contributed by atoms with E-state index in [2.05, 4.69) is 4.99 Å². The van der Waals surface area contributed by atoms with E-state index in [4.69, 9.17) is 11.6 Å². The predicted molar refractivity (Wildman–Crippen MR) is 87.0 cm³/mol. The van der Waals surface area contributed by atoms with Crippen molar-refractivity contribution in [1.82, 2.24) is 9.47 Å². The van der Waals surface area contributed by atoms with Crippen LogP contribution in [0.25, 0.3) is 10.2 Å². The zero-order valence-electron chi connectivity index (χ0n) is 12.4. The molecule has 3 rings (SSSR count). The molecule has 6 nitrogen and oxygen atoms in total. The molecule has 0 spiro atoms. The molecular weight excluding hydrogens is 338 g/mol. The van der Waals surface area contributed by atoms with Gasteiger partial charge in [-0.1, -0.05) is 22.9 Å². The quantitative estimate of drug-likeness (QED) is 0.793. The first-order chi connectivity index (χ1) is 11.0. The molecule has 0 atom stereocenters. The van der Waals surface area contributed by atoms with Gasteiger partial charge in [0.2, 0.25) is 11.8 Å². The molecule has 1 aliphatic heterocycles. The minimum atomic E-state index is -0.506. The minimum absolute atomic E-state index is 0.169. The fraction of sp³-hybridized carbons (Fsp3) is 0.333. The Morgan fingerprint density at radius 2 is 2.00 bits per heavy atom. The summed E-state index contributed by atoms with van der Waals surface area (Å²) in [7, 11) is 0. The maximum absolute atomic E-state index is 12.1. The van der Waals surface area contributed by atoms with E-state index in [9.17, 15) is 14.4 Å². The smallest absolute Gasteiger partial charge is 0.268 e. The van der Waals surface area contributed by atoms with Crippen LogP contribution >= 0.6 is 22.9 Å². The van der Waals surface area contributed by atoms with Gasteiger partial charge in [-0.2, -0.15) is 4.99 Å². The number of likely N-dealkylation sites (tertiary alicyclic amines) is 1. The van der Waals surface area contributed by atoms with Gasteiger partial charge in [-0.3, -0.25) is 19.3 Å². The molecule has 0 bridgehead atoms. The fourth-order valence-electron chi connectivity index (χ4n) is 2.51. The number of fused-ring (bicyclic) bond motifs is 1. The van der Waals surface area contributed by atoms with Gasteiger partial charge in [0.1, 0.15) is 6.54 Å². The molecule has 23 heavy (non-hydrogen) atoms. The van der Waals surface area contributed by atoms with Crippen molar-refractivity contribution in [2.45, 2.75) is 26.3 Å². The number of amides is 3. The summed E-state index contributed by atoms with van der Waals surface area (Å²) >= 11 is 7.35. The average molecular weight is 352 g/mol. The van der Waals surface area contributed by atoms with Gasteiger partial charge in [-0.15, -0.1) is 0 Å². The van der Waals surface area contributed by atoms with Crippen molar-refractivity contribution in [2.24, 2.45) is 4.99 Å². The molecule has 2 aromatic rings. The van der Waals surface area contributed by atoms with Gasteiger partial charge in [0.15, 0.2) is 4.80 Å². The lowest BCUT2D eigenvalue weighted by molar-refractivity contribution is -0.141. The molecule has 0 N–H and O–H groups in total. The number of thiazole rings is 1. The number of rotatable bonds is 3. The molecule has 0 radical (unpaired) electrons. The number of hydrogen-bond acceptors (Lipinski definition) is 4. The second-order valence-electron chi connectivity index (χ2n) is 5.12. The monoisotopic (exact) mass is 351 g/mol. The summed E-state index contributed by atoms with van der Waals surface area (Å²) in [5.41, 5.74) is 0.946. The van der Waals surface area contributed by atoms with Crippen molar-refractivity contribution in [3.8, 4) is 0 Å². The van der Waals surface area contributed by atoms with Gasteiger partial charge >= 0.3 is 0 Å². The van der Waals surface area contributed by atoms with Crippen LogP contribution in [-0.2, 0) is 20.9 Å². The molecule has 1 fully saturated rings. The van der Waals surface area contributed by atoms with Crippen LogP contribution in [0.15, 0.2) is 23.2 Å². The number of halogens is 1. The molecule has 1 saturated heterocycles. The summed E-state index contributed by atoms with van der Waals surface area (Å²) < 4.78 is 2.83. The number of nitrogens with zero attached hydrogens (tertiary/aromatic N) is 3. The molecule has 2 heterocycles. The van der Waals surface area contributed by atoms with Crippen LogP contribution in [0.3, 0.4) is 0 Å². The maximum atomic E-state index is 12.1. The highest BCUT2D eigenvalue weighted by Gasteiger charge is 2.30. The zero-order chi connectivity index (χ0) is 16.6. The number of imide groups is 1. The largest absolute Gasteiger partial charge is 0.317 e. The van der Waals surface area contributed by atoms with E-state index >= 15 is 0 Å². The van der Waals surface area contributed by atoms with E-state index in [1.807, 2.05) is 23.6 Å². The Balaban J connectivity index is 1.95. The second-order valence-corrected chi connectivity index (χ2v) is 6.57. The van der Waals surface area contributed by atoms with E-state index in [1.165, 1.54) is 11.3 Å². The molecule has 1 aromatic heterocycles. The molecular formula is C15H14ClN3O3S. The standard InChI is InChI=1S/C15H14ClN3O3S/c1-2-18-10-4-3-9(16)7-11(10)23-15(18)17-12(20)8-19-13(21)5-6-14(19)22/h3-4,7H,2,5-6,8H2,1H3. The molecule has 120 valence electrons. The van der Waals surface area contributed by atoms with Gasteiger partial charge in [0.05, 0.1) is 10.2 Å². The van der Waals surface area contributed by atoms with E-state index in [1.54, 1.807) is 6.07 Å². The Morgan fingerprint density at radius 1 is 1.30 bits per heavy atom. The molecule has 8 heteroatoms. The van der Waals surface area contributed by atoms with Crippen molar-refractivity contribution >= 4 is 50.9 Å². The van der Waals surface area contributed by atoms with Gasteiger partial charge in [0, 0.05) is 24.4 Å². The van der Waals surface area contributed by atoms with Crippen LogP contribution in [-0.4, -0.2) is 33.7 Å². The third-order valence-corrected chi connectivity index (χ3v) is 4.91. The van der Waals surface area contributed by atoms with E-state index in [0.717, 1.165) is 15.1 Å². The Kier molecular flexibility index (Phi) is 4.32. The lowest BCUT2D eigenvalue weighted by atomic mass is 10.3. The van der Waals surface area contributed by atoms with Gasteiger partial charge in [0.25, 0.3) is 5.91 Å². The molecule has 3 amide bonds. The summed E-state index contributed by atoms with van der Waals surface area (Å²) in [6.45, 7) is 2.31. The van der Waals surface area contributed by atoms with Gasteiger partial charge in [-0.05, 0) is 25.1 Å². The number of carbonyl (C=O) groups excluding carboxylic acids is 3. The van der Waals surface area contributed by atoms with Crippen molar-refractivity contribution in [3.63, 3.8) is 0 Å². The first-order valence-corrected chi connectivity index (χ1v) is 8.38. The van der Waals surface area contributed by atoms with Gasteiger partial charge in [-0.25, -0.2) is 0 Å². The van der Waals surface area contributed by atoms with Crippen LogP contribution < -0.4 is 4.80 Å². The first-order valence-electron chi connectivity index (χ1n) is 7.19. The highest BCUT2D eigenvalue weighted by Crippen LogP contribution is 2.21. The average Bonchev–Trinajstić information content (AvgIpc) is 3.00. The summed E-state index contributed by atoms with van der Waals surface area (Å²) in [6.07, 6.45) is 0.338. The molecule has 0 saturated carbocycles. The summed E-state index contributed by atoms with van der Waals surface area (Å²) in [5.74, 6) is -1.14. The van der Waals surface area contributed by atoms with E-state index in [0.29, 0.717) is 16.4 Å². The Morgan fingerprint density at radius 3 is 2.65 bits per heavy atom. The summed E-state index contributed by atoms with van der Waals surface area (Å²) in [6, 6.07) is 5.50. The van der Waals surface area contributed by atoms with E-state index in [-0.39, 0.29) is 31.2 Å². The van der Waals surface area contributed by atoms with Crippen molar-refractivity contribution in [1.29, 1.82) is 0 Å². The number of hydrogen-bond donors (Lipinski definition) is 0. The third kappa shape index (κ3) is 3.07. The van der Waals surface area contributed by atoms with Crippen LogP contribution in [0.5, 0.6) is 0 Å². The van der Waals surface area contributed by atoms with Crippen LogP contribution in [0.2, 0.25) is 5.02 Å². The van der Waals surface area contributed by atoms with Crippen LogP contribution in [0.4, 0.5) is 0 Å². The Labute approximate surface area is 141 Å². The van der Waals surface area contributed by atoms with Crippen molar-refractivity contribution in [3.05, 3.63) is 28.0 Å². The summed E-state index contributed by atoms with van der Waals surface area (Å²) in [5, 5.41) is 0.619. The minimum Gasteiger partial charge on any atom is -0.317 e. The van der Waals surface area contributed by atoms with Crippen LogP contribution in [0.1, 0.15) is 19.8 Å². The van der Waals surface area contributed by atoms with Crippen molar-refractivity contribution in [2.75, 3.05) is 6.54 Å². The van der Waals surface area contributed by atoms with Crippen LogP contribution in [0, 0.1) is 0 Å². The summed E-state index contributed by atoms with van der Waals surface area (Å²) in [4.78, 5) is 40.9. The Hall–Kier alpha value is -1.99. The fourth-order valence-corrected chi connectivity index (χ4v) is 3.90. The number of benzene rings is 1. The highest BCUT2D eigenvalue weighted by molar-refractivity contribution is 7.16. The third-order valence-electron chi connectivity index (χ3n) is 3.63. The van der Waals surface area contributed by atoms with E-state index < -0.39 is 5.91 Å². The number of aryl methyl sites for hydroxylation is 1. The molecule has 0 aliphatic carbocycles. The SMILES string of the molecule is CCn1c(=NC(=O)CN2C(=O)CCC2=O)sc2cc(Cl)ccc21. The first kappa shape index (κ1) is 15.9. The lowest BCUT2D eigenvalue weighted by Crippen LogP contribution is -2.34. The molecule has 1 aliphatic rings. The molecule has 0 unspecified atom stereocenters. The normalized spacial score (nSPS) is 15.9. The lowest BCUT2D eigenvalue weighted by Gasteiger charge is -2.10. The maximum Gasteiger partial charge on any atom is 0.268 e. The Bertz CT molecular complexity index is 868.